The van der Waals surface area contributed by atoms with E-state index in [1.807, 2.05) is 0 Å². The quantitative estimate of drug-likeness (QED) is 0.684. The Balaban J connectivity index is 2.25. The van der Waals surface area contributed by atoms with Crippen LogP contribution in [0.25, 0.3) is 0 Å². The van der Waals surface area contributed by atoms with Gasteiger partial charge in [0, 0.05) is 6.42 Å². The highest BCUT2D eigenvalue weighted by Crippen LogP contribution is 2.30. The fourth-order valence-electron chi connectivity index (χ4n) is 2.23. The number of hydrogen-bond donors (Lipinski definition) is 2. The fourth-order valence-corrected chi connectivity index (χ4v) is 2.23. The lowest BCUT2D eigenvalue weighted by Crippen LogP contribution is -2.20. The van der Waals surface area contributed by atoms with E-state index in [0.717, 1.165) is 12.3 Å². The summed E-state index contributed by atoms with van der Waals surface area (Å²) < 4.78 is 0. The molecule has 13 heavy (non-hydrogen) atoms. The number of carbonyl (C=O) groups is 1. The molecule has 3 heteroatoms. The van der Waals surface area contributed by atoms with Gasteiger partial charge in [0.2, 0.25) is 0 Å². The predicted octanol–water partition coefficient (Wildman–Crippen LogP) is 1.62. The van der Waals surface area contributed by atoms with Crippen LogP contribution >= 0.6 is 0 Å². The van der Waals surface area contributed by atoms with Crippen LogP contribution in [-0.4, -0.2) is 17.6 Å². The molecular weight excluding hydrogens is 166 g/mol. The van der Waals surface area contributed by atoms with Gasteiger partial charge >= 0.3 is 5.97 Å². The van der Waals surface area contributed by atoms with Crippen molar-refractivity contribution in [2.45, 2.75) is 38.5 Å². The molecule has 1 atom stereocenters. The van der Waals surface area contributed by atoms with E-state index >= 15 is 0 Å². The van der Waals surface area contributed by atoms with Crippen LogP contribution in [0.4, 0.5) is 0 Å². The summed E-state index contributed by atoms with van der Waals surface area (Å²) in [6.07, 6.45) is 6.44. The summed E-state index contributed by atoms with van der Waals surface area (Å²) in [6.45, 7) is 0.517. The van der Waals surface area contributed by atoms with Crippen molar-refractivity contribution in [3.63, 3.8) is 0 Å². The number of rotatable bonds is 5. The maximum Gasteiger partial charge on any atom is 0.303 e. The highest BCUT2D eigenvalue weighted by molar-refractivity contribution is 5.67. The van der Waals surface area contributed by atoms with Crippen LogP contribution in [0.1, 0.15) is 38.5 Å². The number of nitrogens with two attached hydrogens (primary N) is 1. The standard InChI is InChI=1S/C10H19NO2/c11-7-9(6-10(12)13)5-8-3-1-2-4-8/h8-9H,1-7,11H2,(H,12,13). The summed E-state index contributed by atoms with van der Waals surface area (Å²) in [7, 11) is 0. The molecule has 1 fully saturated rings. The highest BCUT2D eigenvalue weighted by atomic mass is 16.4. The Morgan fingerprint density at radius 2 is 2.08 bits per heavy atom. The van der Waals surface area contributed by atoms with Gasteiger partial charge in [0.15, 0.2) is 0 Å². The Hall–Kier alpha value is -0.570. The Labute approximate surface area is 79.3 Å². The van der Waals surface area contributed by atoms with Crippen molar-refractivity contribution in [1.29, 1.82) is 0 Å². The van der Waals surface area contributed by atoms with Crippen LogP contribution in [0.2, 0.25) is 0 Å². The lowest BCUT2D eigenvalue weighted by Gasteiger charge is -2.16. The summed E-state index contributed by atoms with van der Waals surface area (Å²) in [5, 5.41) is 8.63. The van der Waals surface area contributed by atoms with Gasteiger partial charge in [0.1, 0.15) is 0 Å². The van der Waals surface area contributed by atoms with E-state index < -0.39 is 5.97 Å². The molecule has 0 bridgehead atoms. The van der Waals surface area contributed by atoms with Gasteiger partial charge in [-0.15, -0.1) is 0 Å². The molecule has 0 aromatic heterocycles. The SMILES string of the molecule is NCC(CC(=O)O)CC1CCCC1. The molecule has 0 aromatic rings. The first-order valence-electron chi connectivity index (χ1n) is 5.14. The minimum absolute atomic E-state index is 0.195. The molecule has 76 valence electrons. The number of carboxylic acids is 1. The van der Waals surface area contributed by atoms with Gasteiger partial charge in [-0.1, -0.05) is 25.7 Å². The predicted molar refractivity (Wildman–Crippen MR) is 51.4 cm³/mol. The lowest BCUT2D eigenvalue weighted by molar-refractivity contribution is -0.138. The van der Waals surface area contributed by atoms with Gasteiger partial charge in [0.05, 0.1) is 0 Å². The summed E-state index contributed by atoms with van der Waals surface area (Å²) in [5.74, 6) is 0.224. The van der Waals surface area contributed by atoms with Crippen molar-refractivity contribution in [2.24, 2.45) is 17.6 Å². The zero-order valence-electron chi connectivity index (χ0n) is 8.04. The van der Waals surface area contributed by atoms with Gasteiger partial charge in [-0.2, -0.15) is 0 Å². The van der Waals surface area contributed by atoms with E-state index in [-0.39, 0.29) is 12.3 Å². The summed E-state index contributed by atoms with van der Waals surface area (Å²) in [6, 6.07) is 0. The molecule has 0 radical (unpaired) electrons. The first-order chi connectivity index (χ1) is 6.22. The third-order valence-corrected chi connectivity index (χ3v) is 2.94. The molecule has 1 aliphatic carbocycles. The van der Waals surface area contributed by atoms with Crippen molar-refractivity contribution in [1.82, 2.24) is 0 Å². The van der Waals surface area contributed by atoms with Crippen molar-refractivity contribution in [3.05, 3.63) is 0 Å². The second-order valence-corrected chi connectivity index (χ2v) is 4.09. The highest BCUT2D eigenvalue weighted by Gasteiger charge is 2.20. The van der Waals surface area contributed by atoms with E-state index in [0.29, 0.717) is 6.54 Å². The third-order valence-electron chi connectivity index (χ3n) is 2.94. The van der Waals surface area contributed by atoms with Crippen molar-refractivity contribution < 1.29 is 9.90 Å². The molecule has 0 heterocycles. The average Bonchev–Trinajstić information content (AvgIpc) is 2.55. The molecule has 1 rings (SSSR count). The van der Waals surface area contributed by atoms with E-state index in [1.54, 1.807) is 0 Å². The zero-order valence-corrected chi connectivity index (χ0v) is 8.04. The molecule has 0 amide bonds. The first kappa shape index (κ1) is 10.5. The molecule has 1 unspecified atom stereocenters. The van der Waals surface area contributed by atoms with Crippen LogP contribution < -0.4 is 5.73 Å². The van der Waals surface area contributed by atoms with Gasteiger partial charge < -0.3 is 10.8 Å². The molecule has 1 saturated carbocycles. The number of aliphatic carboxylic acids is 1. The zero-order chi connectivity index (χ0) is 9.68. The number of carboxylic acid groups (broad SMARTS) is 1. The van der Waals surface area contributed by atoms with Crippen LogP contribution in [0, 0.1) is 11.8 Å². The van der Waals surface area contributed by atoms with Gasteiger partial charge in [-0.05, 0) is 24.8 Å². The normalized spacial score (nSPS) is 20.4. The van der Waals surface area contributed by atoms with Crippen molar-refractivity contribution >= 4 is 5.97 Å². The van der Waals surface area contributed by atoms with Gasteiger partial charge in [0.25, 0.3) is 0 Å². The Bertz CT molecular complexity index is 164. The topological polar surface area (TPSA) is 63.3 Å². The summed E-state index contributed by atoms with van der Waals surface area (Å²) >= 11 is 0. The molecule has 0 aromatic carbocycles. The number of hydrogen-bond acceptors (Lipinski definition) is 2. The van der Waals surface area contributed by atoms with Crippen LogP contribution in [0.5, 0.6) is 0 Å². The van der Waals surface area contributed by atoms with E-state index in [9.17, 15) is 4.79 Å². The first-order valence-corrected chi connectivity index (χ1v) is 5.14. The summed E-state index contributed by atoms with van der Waals surface area (Å²) in [4.78, 5) is 10.5. The largest absolute Gasteiger partial charge is 0.481 e. The smallest absolute Gasteiger partial charge is 0.303 e. The molecule has 1 aliphatic rings. The Morgan fingerprint density at radius 1 is 1.46 bits per heavy atom. The molecule has 3 N–H and O–H groups in total. The second kappa shape index (κ2) is 5.22. The maximum absolute atomic E-state index is 10.5. The fraction of sp³-hybridized carbons (Fsp3) is 0.900. The monoisotopic (exact) mass is 185 g/mol. The molecular formula is C10H19NO2. The van der Waals surface area contributed by atoms with Gasteiger partial charge in [-0.25, -0.2) is 0 Å². The minimum atomic E-state index is -0.714. The molecule has 0 aliphatic heterocycles. The van der Waals surface area contributed by atoms with Crippen LogP contribution in [0.3, 0.4) is 0 Å². The van der Waals surface area contributed by atoms with Crippen LogP contribution in [-0.2, 0) is 4.79 Å². The molecule has 0 saturated heterocycles. The van der Waals surface area contributed by atoms with E-state index in [2.05, 4.69) is 0 Å². The van der Waals surface area contributed by atoms with Crippen molar-refractivity contribution in [3.8, 4) is 0 Å². The average molecular weight is 185 g/mol. The van der Waals surface area contributed by atoms with Gasteiger partial charge in [-0.3, -0.25) is 4.79 Å². The third kappa shape index (κ3) is 3.77. The second-order valence-electron chi connectivity index (χ2n) is 4.09. The molecule has 0 spiro atoms. The van der Waals surface area contributed by atoms with Crippen molar-refractivity contribution in [2.75, 3.05) is 6.54 Å². The summed E-state index contributed by atoms with van der Waals surface area (Å²) in [5.41, 5.74) is 5.54. The Morgan fingerprint density at radius 3 is 2.54 bits per heavy atom. The van der Waals surface area contributed by atoms with Crippen LogP contribution in [0.15, 0.2) is 0 Å². The molecule has 3 nitrogen and oxygen atoms in total. The van der Waals surface area contributed by atoms with E-state index in [4.69, 9.17) is 10.8 Å². The Kier molecular flexibility index (Phi) is 4.22. The minimum Gasteiger partial charge on any atom is -0.481 e. The maximum atomic E-state index is 10.5. The van der Waals surface area contributed by atoms with E-state index in [1.165, 1.54) is 25.7 Å². The lowest BCUT2D eigenvalue weighted by atomic mass is 9.91.